The van der Waals surface area contributed by atoms with Gasteiger partial charge in [0.25, 0.3) is 0 Å². The molecule has 4 rings (SSSR count). The van der Waals surface area contributed by atoms with Crippen molar-refractivity contribution in [1.82, 2.24) is 19.7 Å². The van der Waals surface area contributed by atoms with Crippen molar-refractivity contribution in [1.29, 1.82) is 0 Å². The van der Waals surface area contributed by atoms with E-state index in [0.29, 0.717) is 30.4 Å². The largest absolute Gasteiger partial charge is 0.329 e. The third-order valence-electron chi connectivity index (χ3n) is 4.86. The topological polar surface area (TPSA) is 51.0 Å². The van der Waals surface area contributed by atoms with Crippen LogP contribution in [0.1, 0.15) is 44.5 Å². The second-order valence-corrected chi connectivity index (χ2v) is 6.21. The fraction of sp³-hybridized carbons (Fsp3) is 0.471. The number of rotatable bonds is 3. The van der Waals surface area contributed by atoms with E-state index in [1.807, 2.05) is 16.5 Å². The lowest BCUT2D eigenvalue weighted by Gasteiger charge is -2.23. The SMILES string of the molecule is CCn1nc(-c2cccc(F)c2)nc1C1CCC2CCC(=O)N21. The van der Waals surface area contributed by atoms with Crippen LogP contribution in [0.15, 0.2) is 24.3 Å². The molecule has 120 valence electrons. The van der Waals surface area contributed by atoms with Crippen molar-refractivity contribution in [2.75, 3.05) is 0 Å². The van der Waals surface area contributed by atoms with Gasteiger partial charge in [0.05, 0.1) is 6.04 Å². The summed E-state index contributed by atoms with van der Waals surface area (Å²) in [6.07, 6.45) is 3.55. The summed E-state index contributed by atoms with van der Waals surface area (Å²) in [6, 6.07) is 6.67. The van der Waals surface area contributed by atoms with Gasteiger partial charge in [0.2, 0.25) is 5.91 Å². The van der Waals surface area contributed by atoms with Crippen molar-refractivity contribution >= 4 is 5.91 Å². The molecule has 0 saturated carbocycles. The molecule has 0 bridgehead atoms. The molecule has 5 nitrogen and oxygen atoms in total. The predicted molar refractivity (Wildman–Crippen MR) is 82.9 cm³/mol. The van der Waals surface area contributed by atoms with Crippen molar-refractivity contribution < 1.29 is 9.18 Å². The van der Waals surface area contributed by atoms with Gasteiger partial charge < -0.3 is 4.90 Å². The fourth-order valence-electron chi connectivity index (χ4n) is 3.80. The third-order valence-corrected chi connectivity index (χ3v) is 4.86. The summed E-state index contributed by atoms with van der Waals surface area (Å²) in [5.74, 6) is 1.27. The van der Waals surface area contributed by atoms with Crippen LogP contribution in [0, 0.1) is 5.82 Å². The van der Waals surface area contributed by atoms with Gasteiger partial charge in [0.1, 0.15) is 11.6 Å². The second-order valence-electron chi connectivity index (χ2n) is 6.21. The predicted octanol–water partition coefficient (Wildman–Crippen LogP) is 2.93. The molecule has 1 aromatic carbocycles. The highest BCUT2D eigenvalue weighted by Crippen LogP contribution is 2.41. The molecule has 6 heteroatoms. The quantitative estimate of drug-likeness (QED) is 0.875. The van der Waals surface area contributed by atoms with Crippen molar-refractivity contribution in [2.45, 2.75) is 51.2 Å². The van der Waals surface area contributed by atoms with Crippen LogP contribution in [0.3, 0.4) is 0 Å². The van der Waals surface area contributed by atoms with Gasteiger partial charge in [0.15, 0.2) is 5.82 Å². The Morgan fingerprint density at radius 2 is 2.17 bits per heavy atom. The molecule has 2 saturated heterocycles. The minimum atomic E-state index is -0.299. The van der Waals surface area contributed by atoms with Crippen molar-refractivity contribution in [2.24, 2.45) is 0 Å². The summed E-state index contributed by atoms with van der Waals surface area (Å²) in [5.41, 5.74) is 0.667. The number of benzene rings is 1. The molecule has 2 unspecified atom stereocenters. The molecule has 2 fully saturated rings. The number of aromatic nitrogens is 3. The number of fused-ring (bicyclic) bond motifs is 1. The first-order chi connectivity index (χ1) is 11.2. The average molecular weight is 314 g/mol. The molecule has 3 heterocycles. The molecule has 0 radical (unpaired) electrons. The highest BCUT2D eigenvalue weighted by Gasteiger charge is 2.43. The van der Waals surface area contributed by atoms with E-state index in [1.54, 1.807) is 12.1 Å². The van der Waals surface area contributed by atoms with Gasteiger partial charge >= 0.3 is 0 Å². The lowest BCUT2D eigenvalue weighted by Crippen LogP contribution is -2.31. The third kappa shape index (κ3) is 2.33. The lowest BCUT2D eigenvalue weighted by atomic mass is 10.1. The number of amides is 1. The maximum atomic E-state index is 13.5. The first-order valence-corrected chi connectivity index (χ1v) is 8.19. The van der Waals surface area contributed by atoms with Crippen molar-refractivity contribution in [3.63, 3.8) is 0 Å². The highest BCUT2D eigenvalue weighted by molar-refractivity contribution is 5.79. The maximum Gasteiger partial charge on any atom is 0.223 e. The van der Waals surface area contributed by atoms with Crippen LogP contribution >= 0.6 is 0 Å². The smallest absolute Gasteiger partial charge is 0.223 e. The Labute approximate surface area is 134 Å². The van der Waals surface area contributed by atoms with Gasteiger partial charge in [0, 0.05) is 24.6 Å². The molecule has 1 amide bonds. The number of nitrogens with zero attached hydrogens (tertiary/aromatic N) is 4. The number of hydrogen-bond acceptors (Lipinski definition) is 3. The zero-order chi connectivity index (χ0) is 16.0. The maximum absolute atomic E-state index is 13.5. The molecule has 0 N–H and O–H groups in total. The Bertz CT molecular complexity index is 757. The normalized spacial score (nSPS) is 23.6. The highest BCUT2D eigenvalue weighted by atomic mass is 19.1. The first kappa shape index (κ1) is 14.4. The molecule has 2 aliphatic heterocycles. The van der Waals surface area contributed by atoms with Gasteiger partial charge in [-0.2, -0.15) is 5.10 Å². The van der Waals surface area contributed by atoms with E-state index in [-0.39, 0.29) is 17.8 Å². The fourth-order valence-corrected chi connectivity index (χ4v) is 3.80. The number of aryl methyl sites for hydroxylation is 1. The number of halogens is 1. The minimum absolute atomic E-state index is 0.00441. The van der Waals surface area contributed by atoms with Gasteiger partial charge in [-0.3, -0.25) is 4.79 Å². The Morgan fingerprint density at radius 1 is 1.30 bits per heavy atom. The number of hydrogen-bond donors (Lipinski definition) is 0. The summed E-state index contributed by atoms with van der Waals surface area (Å²) in [6.45, 7) is 2.69. The second kappa shape index (κ2) is 5.44. The zero-order valence-corrected chi connectivity index (χ0v) is 13.1. The van der Waals surface area contributed by atoms with Crippen LogP contribution in [-0.2, 0) is 11.3 Å². The first-order valence-electron chi connectivity index (χ1n) is 8.19. The van der Waals surface area contributed by atoms with Gasteiger partial charge in [-0.25, -0.2) is 14.1 Å². The monoisotopic (exact) mass is 314 g/mol. The van der Waals surface area contributed by atoms with E-state index < -0.39 is 0 Å². The van der Waals surface area contributed by atoms with Gasteiger partial charge in [-0.15, -0.1) is 0 Å². The van der Waals surface area contributed by atoms with E-state index in [9.17, 15) is 9.18 Å². The standard InChI is InChI=1S/C17H19FN4O/c1-2-21-17(14-8-6-13-7-9-15(23)22(13)14)19-16(20-21)11-4-3-5-12(18)10-11/h3-5,10,13-14H,2,6-9H2,1H3. The van der Waals surface area contributed by atoms with Crippen LogP contribution in [0.2, 0.25) is 0 Å². The van der Waals surface area contributed by atoms with Gasteiger partial charge in [-0.1, -0.05) is 12.1 Å². The molecule has 23 heavy (non-hydrogen) atoms. The molecule has 1 aromatic heterocycles. The van der Waals surface area contributed by atoms with Crippen molar-refractivity contribution in [3.8, 4) is 11.4 Å². The summed E-state index contributed by atoms with van der Waals surface area (Å²) in [4.78, 5) is 18.8. The molecule has 2 aromatic rings. The minimum Gasteiger partial charge on any atom is -0.329 e. The average Bonchev–Trinajstić information content (AvgIpc) is 3.23. The summed E-state index contributed by atoms with van der Waals surface area (Å²) in [5, 5.41) is 4.52. The Kier molecular flexibility index (Phi) is 3.39. The Morgan fingerprint density at radius 3 is 2.96 bits per heavy atom. The number of carbonyl (C=O) groups is 1. The Hall–Kier alpha value is -2.24. The molecule has 2 atom stereocenters. The van der Waals surface area contributed by atoms with E-state index in [2.05, 4.69) is 10.1 Å². The molecular formula is C17H19FN4O. The van der Waals surface area contributed by atoms with Crippen molar-refractivity contribution in [3.05, 3.63) is 35.9 Å². The molecular weight excluding hydrogens is 295 g/mol. The molecule has 0 aliphatic carbocycles. The van der Waals surface area contributed by atoms with Crippen LogP contribution in [0.25, 0.3) is 11.4 Å². The van der Waals surface area contributed by atoms with E-state index >= 15 is 0 Å². The molecule has 2 aliphatic rings. The van der Waals surface area contributed by atoms with E-state index in [4.69, 9.17) is 0 Å². The molecule has 0 spiro atoms. The van der Waals surface area contributed by atoms with Crippen LogP contribution < -0.4 is 0 Å². The summed E-state index contributed by atoms with van der Waals surface area (Å²) >= 11 is 0. The summed E-state index contributed by atoms with van der Waals surface area (Å²) in [7, 11) is 0. The van der Waals surface area contributed by atoms with E-state index in [0.717, 1.165) is 25.1 Å². The van der Waals surface area contributed by atoms with Gasteiger partial charge in [-0.05, 0) is 38.3 Å². The zero-order valence-electron chi connectivity index (χ0n) is 13.1. The van der Waals surface area contributed by atoms with E-state index in [1.165, 1.54) is 12.1 Å². The number of carbonyl (C=O) groups excluding carboxylic acids is 1. The van der Waals surface area contributed by atoms with Crippen LogP contribution in [-0.4, -0.2) is 31.6 Å². The lowest BCUT2D eigenvalue weighted by molar-refractivity contribution is -0.130. The Balaban J connectivity index is 1.73. The van der Waals surface area contributed by atoms with Crippen LogP contribution in [0.4, 0.5) is 4.39 Å². The van der Waals surface area contributed by atoms with Crippen LogP contribution in [0.5, 0.6) is 0 Å². The summed E-state index contributed by atoms with van der Waals surface area (Å²) < 4.78 is 15.3.